The lowest BCUT2D eigenvalue weighted by Gasteiger charge is -2.26. The molecule has 7 heteroatoms. The van der Waals surface area contributed by atoms with Gasteiger partial charge in [-0.1, -0.05) is 6.92 Å². The maximum absolute atomic E-state index is 5.60. The number of hydrogen-bond acceptors (Lipinski definition) is 7. The Kier molecular flexibility index (Phi) is 4.94. The Hall–Kier alpha value is -1.63. The van der Waals surface area contributed by atoms with Crippen LogP contribution < -0.4 is 15.0 Å². The molecule has 1 aromatic heterocycles. The second-order valence-corrected chi connectivity index (χ2v) is 4.88. The molecule has 20 heavy (non-hydrogen) atoms. The highest BCUT2D eigenvalue weighted by atomic mass is 16.5. The first-order valence-corrected chi connectivity index (χ1v) is 7.06. The number of anilines is 2. The van der Waals surface area contributed by atoms with Crippen molar-refractivity contribution in [1.29, 1.82) is 0 Å². The van der Waals surface area contributed by atoms with Crippen molar-refractivity contribution >= 4 is 11.9 Å². The van der Waals surface area contributed by atoms with Crippen LogP contribution in [-0.2, 0) is 4.74 Å². The van der Waals surface area contributed by atoms with E-state index >= 15 is 0 Å². The lowest BCUT2D eigenvalue weighted by atomic mass is 10.1. The number of nitrogens with zero attached hydrogens (tertiary/aromatic N) is 4. The van der Waals surface area contributed by atoms with Crippen molar-refractivity contribution in [2.24, 2.45) is 0 Å². The molecule has 2 unspecified atom stereocenters. The number of nitrogens with one attached hydrogen (secondary N) is 1. The van der Waals surface area contributed by atoms with E-state index in [1.54, 1.807) is 7.05 Å². The molecule has 112 valence electrons. The molecule has 0 amide bonds. The van der Waals surface area contributed by atoms with Crippen LogP contribution in [0.4, 0.5) is 11.9 Å². The Bertz CT molecular complexity index is 443. The summed E-state index contributed by atoms with van der Waals surface area (Å²) in [6.45, 7) is 5.49. The predicted octanol–water partition coefficient (Wildman–Crippen LogP) is 1.32. The molecule has 1 aromatic rings. The third kappa shape index (κ3) is 3.27. The van der Waals surface area contributed by atoms with E-state index in [2.05, 4.69) is 27.2 Å². The minimum Gasteiger partial charge on any atom is -0.463 e. The smallest absolute Gasteiger partial charge is 0.323 e. The van der Waals surface area contributed by atoms with Gasteiger partial charge in [-0.2, -0.15) is 15.0 Å². The molecule has 1 N–H and O–H groups in total. The molecule has 1 aliphatic rings. The first-order valence-electron chi connectivity index (χ1n) is 7.06. The highest BCUT2D eigenvalue weighted by Gasteiger charge is 2.29. The van der Waals surface area contributed by atoms with Gasteiger partial charge in [0.2, 0.25) is 11.9 Å². The van der Waals surface area contributed by atoms with Gasteiger partial charge in [0.25, 0.3) is 0 Å². The molecule has 0 aliphatic carbocycles. The van der Waals surface area contributed by atoms with Crippen molar-refractivity contribution in [2.75, 3.05) is 37.5 Å². The minimum atomic E-state index is 0.176. The first kappa shape index (κ1) is 14.8. The van der Waals surface area contributed by atoms with Crippen LogP contribution >= 0.6 is 0 Å². The van der Waals surface area contributed by atoms with Crippen LogP contribution in [-0.4, -0.2) is 54.4 Å². The lowest BCUT2D eigenvalue weighted by Crippen LogP contribution is -2.38. The van der Waals surface area contributed by atoms with Crippen molar-refractivity contribution in [2.45, 2.75) is 38.8 Å². The molecule has 0 spiro atoms. The largest absolute Gasteiger partial charge is 0.463 e. The molecule has 0 radical (unpaired) electrons. The Morgan fingerprint density at radius 1 is 1.40 bits per heavy atom. The fourth-order valence-electron chi connectivity index (χ4n) is 2.25. The van der Waals surface area contributed by atoms with Crippen molar-refractivity contribution < 1.29 is 9.47 Å². The molecule has 2 atom stereocenters. The molecular formula is C13H23N5O2. The van der Waals surface area contributed by atoms with E-state index in [0.717, 1.165) is 19.4 Å². The summed E-state index contributed by atoms with van der Waals surface area (Å²) >= 11 is 0. The molecule has 0 bridgehead atoms. The van der Waals surface area contributed by atoms with Crippen LogP contribution in [0.15, 0.2) is 0 Å². The topological polar surface area (TPSA) is 72.4 Å². The summed E-state index contributed by atoms with van der Waals surface area (Å²) in [7, 11) is 3.76. The van der Waals surface area contributed by atoms with Gasteiger partial charge in [0.15, 0.2) is 0 Å². The van der Waals surface area contributed by atoms with Gasteiger partial charge in [-0.05, 0) is 19.8 Å². The van der Waals surface area contributed by atoms with Gasteiger partial charge < -0.3 is 19.7 Å². The molecule has 7 nitrogen and oxygen atoms in total. The first-order chi connectivity index (χ1) is 9.65. The van der Waals surface area contributed by atoms with E-state index in [0.29, 0.717) is 24.5 Å². The normalized spacial score (nSPS) is 21.8. The number of rotatable bonds is 6. The van der Waals surface area contributed by atoms with Crippen LogP contribution in [0.25, 0.3) is 0 Å². The van der Waals surface area contributed by atoms with Gasteiger partial charge in [0.05, 0.1) is 18.8 Å². The average Bonchev–Trinajstić information content (AvgIpc) is 2.90. The third-order valence-electron chi connectivity index (χ3n) is 3.41. The van der Waals surface area contributed by atoms with Gasteiger partial charge in [-0.3, -0.25) is 0 Å². The summed E-state index contributed by atoms with van der Waals surface area (Å²) in [6, 6.07) is 0.640. The lowest BCUT2D eigenvalue weighted by molar-refractivity contribution is 0.118. The monoisotopic (exact) mass is 281 g/mol. The van der Waals surface area contributed by atoms with E-state index < -0.39 is 0 Å². The minimum absolute atomic E-state index is 0.176. The zero-order valence-corrected chi connectivity index (χ0v) is 12.6. The number of ether oxygens (including phenoxy) is 2. The third-order valence-corrected chi connectivity index (χ3v) is 3.41. The maximum atomic E-state index is 5.60. The van der Waals surface area contributed by atoms with Crippen molar-refractivity contribution in [3.05, 3.63) is 0 Å². The summed E-state index contributed by atoms with van der Waals surface area (Å²) in [5, 5.41) is 2.94. The molecule has 0 aromatic carbocycles. The molecule has 2 heterocycles. The zero-order valence-electron chi connectivity index (χ0n) is 12.6. The average molecular weight is 281 g/mol. The standard InChI is InChI=1S/C13H23N5O2/c1-5-7-20-13-16-11(14-3)15-12(17-13)18(4)10-6-8-19-9(10)2/h9-10H,5-8H2,1-4H3,(H,14,15,16,17). The second kappa shape index (κ2) is 6.69. The summed E-state index contributed by atoms with van der Waals surface area (Å²) in [4.78, 5) is 15.0. The summed E-state index contributed by atoms with van der Waals surface area (Å²) in [6.07, 6.45) is 2.07. The van der Waals surface area contributed by atoms with Crippen LogP contribution in [0.5, 0.6) is 6.01 Å². The molecule has 1 fully saturated rings. The van der Waals surface area contributed by atoms with Gasteiger partial charge in [-0.15, -0.1) is 0 Å². The molecule has 1 saturated heterocycles. The highest BCUT2D eigenvalue weighted by Crippen LogP contribution is 2.23. The van der Waals surface area contributed by atoms with Crippen molar-refractivity contribution in [1.82, 2.24) is 15.0 Å². The molecule has 0 saturated carbocycles. The van der Waals surface area contributed by atoms with E-state index in [1.165, 1.54) is 0 Å². The Morgan fingerprint density at radius 2 is 2.20 bits per heavy atom. The van der Waals surface area contributed by atoms with Crippen molar-refractivity contribution in [3.8, 4) is 6.01 Å². The highest BCUT2D eigenvalue weighted by molar-refractivity contribution is 5.38. The van der Waals surface area contributed by atoms with Gasteiger partial charge in [0.1, 0.15) is 0 Å². The van der Waals surface area contributed by atoms with Gasteiger partial charge >= 0.3 is 6.01 Å². The quantitative estimate of drug-likeness (QED) is 0.843. The van der Waals surface area contributed by atoms with Gasteiger partial charge in [-0.25, -0.2) is 0 Å². The zero-order chi connectivity index (χ0) is 14.5. The van der Waals surface area contributed by atoms with E-state index in [4.69, 9.17) is 9.47 Å². The SMILES string of the molecule is CCCOc1nc(NC)nc(N(C)C2CCOC2C)n1. The summed E-state index contributed by atoms with van der Waals surface area (Å²) < 4.78 is 11.1. The van der Waals surface area contributed by atoms with Crippen molar-refractivity contribution in [3.63, 3.8) is 0 Å². The number of likely N-dealkylation sites (N-methyl/N-ethyl adjacent to an activating group) is 1. The van der Waals surface area contributed by atoms with E-state index in [9.17, 15) is 0 Å². The number of aromatic nitrogens is 3. The van der Waals surface area contributed by atoms with E-state index in [-0.39, 0.29) is 12.1 Å². The van der Waals surface area contributed by atoms with Crippen LogP contribution in [0, 0.1) is 0 Å². The maximum Gasteiger partial charge on any atom is 0.323 e. The number of hydrogen-bond donors (Lipinski definition) is 1. The Balaban J connectivity index is 2.20. The fraction of sp³-hybridized carbons (Fsp3) is 0.769. The molecule has 1 aliphatic heterocycles. The van der Waals surface area contributed by atoms with Crippen LogP contribution in [0.1, 0.15) is 26.7 Å². The fourth-order valence-corrected chi connectivity index (χ4v) is 2.25. The predicted molar refractivity (Wildman–Crippen MR) is 77.4 cm³/mol. The molecular weight excluding hydrogens is 258 g/mol. The van der Waals surface area contributed by atoms with Crippen LogP contribution in [0.2, 0.25) is 0 Å². The Labute approximate surface area is 119 Å². The summed E-state index contributed by atoms with van der Waals surface area (Å²) in [5.41, 5.74) is 0. The van der Waals surface area contributed by atoms with Crippen LogP contribution in [0.3, 0.4) is 0 Å². The molecule has 2 rings (SSSR count). The second-order valence-electron chi connectivity index (χ2n) is 4.88. The van der Waals surface area contributed by atoms with Gasteiger partial charge in [0, 0.05) is 20.7 Å². The summed E-state index contributed by atoms with van der Waals surface area (Å²) in [5.74, 6) is 1.12. The van der Waals surface area contributed by atoms with E-state index in [1.807, 2.05) is 18.9 Å². The Morgan fingerprint density at radius 3 is 2.80 bits per heavy atom.